The van der Waals surface area contributed by atoms with E-state index in [2.05, 4.69) is 0 Å². The molecule has 2 aromatic rings. The molecule has 0 bridgehead atoms. The first-order valence-corrected chi connectivity index (χ1v) is 11.4. The Morgan fingerprint density at radius 2 is 1.34 bits per heavy atom. The number of rotatable bonds is 5. The van der Waals surface area contributed by atoms with Gasteiger partial charge in [-0.3, -0.25) is 4.79 Å². The van der Waals surface area contributed by atoms with Crippen LogP contribution in [0, 0.1) is 5.92 Å². The van der Waals surface area contributed by atoms with Crippen molar-refractivity contribution in [1.29, 1.82) is 0 Å². The Bertz CT molecular complexity index is 1040. The highest BCUT2D eigenvalue weighted by molar-refractivity contribution is 7.91. The molecule has 1 aliphatic heterocycles. The second kappa shape index (κ2) is 8.76. The van der Waals surface area contributed by atoms with Gasteiger partial charge in [0.05, 0.1) is 28.6 Å². The molecule has 0 aromatic heterocycles. The Balaban J connectivity index is 1.91. The van der Waals surface area contributed by atoms with E-state index in [9.17, 15) is 39.6 Å². The highest BCUT2D eigenvalue weighted by Gasteiger charge is 2.36. The molecule has 32 heavy (non-hydrogen) atoms. The molecule has 0 saturated carbocycles. The maximum Gasteiger partial charge on any atom is 0.416 e. The summed E-state index contributed by atoms with van der Waals surface area (Å²) in [7, 11) is -3.42. The van der Waals surface area contributed by atoms with Crippen LogP contribution >= 0.6 is 0 Å². The average molecular weight is 479 g/mol. The SMILES string of the molecule is O=C(C1CCS(=O)(=O)C1)N(Cc1cccc(C(F)(F)F)c1)Cc1cccc(C(F)(F)F)c1. The van der Waals surface area contributed by atoms with E-state index in [4.69, 9.17) is 0 Å². The van der Waals surface area contributed by atoms with Crippen molar-refractivity contribution in [2.75, 3.05) is 11.5 Å². The maximum absolute atomic E-state index is 13.0. The average Bonchev–Trinajstić information content (AvgIpc) is 3.06. The Labute approximate surface area is 180 Å². The normalized spacial score (nSPS) is 18.5. The first kappa shape index (κ1) is 24.1. The summed E-state index contributed by atoms with van der Waals surface area (Å²) in [5, 5.41) is 0. The molecule has 0 N–H and O–H groups in total. The molecular weight excluding hydrogens is 460 g/mol. The molecule has 174 valence electrons. The number of benzene rings is 2. The molecule has 0 aliphatic carbocycles. The van der Waals surface area contributed by atoms with Gasteiger partial charge in [-0.15, -0.1) is 0 Å². The fraction of sp³-hybridized carbons (Fsp3) is 0.381. The molecule has 3 rings (SSSR count). The van der Waals surface area contributed by atoms with Gasteiger partial charge in [0.25, 0.3) is 0 Å². The van der Waals surface area contributed by atoms with Crippen molar-refractivity contribution < 1.29 is 39.6 Å². The lowest BCUT2D eigenvalue weighted by Crippen LogP contribution is -2.36. The summed E-state index contributed by atoms with van der Waals surface area (Å²) in [4.78, 5) is 14.1. The van der Waals surface area contributed by atoms with E-state index in [0.717, 1.165) is 29.2 Å². The summed E-state index contributed by atoms with van der Waals surface area (Å²) in [5.74, 6) is -2.10. The van der Waals surface area contributed by atoms with E-state index in [-0.39, 0.29) is 36.4 Å². The smallest absolute Gasteiger partial charge is 0.334 e. The van der Waals surface area contributed by atoms with Gasteiger partial charge in [-0.25, -0.2) is 8.42 Å². The predicted octanol–water partition coefficient (Wildman–Crippen LogP) is 4.69. The van der Waals surface area contributed by atoms with Gasteiger partial charge in [-0.2, -0.15) is 26.3 Å². The Morgan fingerprint density at radius 3 is 1.72 bits per heavy atom. The summed E-state index contributed by atoms with van der Waals surface area (Å²) in [6.07, 6.45) is -9.15. The molecule has 4 nitrogen and oxygen atoms in total. The first-order chi connectivity index (χ1) is 14.7. The number of hydrogen-bond acceptors (Lipinski definition) is 3. The summed E-state index contributed by atoms with van der Waals surface area (Å²) in [5.41, 5.74) is -1.60. The highest BCUT2D eigenvalue weighted by Crippen LogP contribution is 2.32. The molecule has 1 heterocycles. The first-order valence-electron chi connectivity index (χ1n) is 9.56. The lowest BCUT2D eigenvalue weighted by atomic mass is 10.0. The summed E-state index contributed by atoms with van der Waals surface area (Å²) < 4.78 is 102. The zero-order valence-electron chi connectivity index (χ0n) is 16.6. The number of sulfone groups is 1. The fourth-order valence-electron chi connectivity index (χ4n) is 3.59. The van der Waals surface area contributed by atoms with Crippen LogP contribution in [-0.2, 0) is 40.1 Å². The summed E-state index contributed by atoms with van der Waals surface area (Å²) in [6, 6.07) is 8.53. The van der Waals surface area contributed by atoms with Crippen LogP contribution in [0.5, 0.6) is 0 Å². The largest absolute Gasteiger partial charge is 0.416 e. The Kier molecular flexibility index (Phi) is 6.60. The number of carbonyl (C=O) groups excluding carboxylic acids is 1. The van der Waals surface area contributed by atoms with Crippen LogP contribution in [0.25, 0.3) is 0 Å². The third kappa shape index (κ3) is 6.02. The lowest BCUT2D eigenvalue weighted by molar-refractivity contribution is -0.138. The van der Waals surface area contributed by atoms with Gasteiger partial charge >= 0.3 is 12.4 Å². The number of hydrogen-bond donors (Lipinski definition) is 0. The van der Waals surface area contributed by atoms with Crippen LogP contribution in [0.1, 0.15) is 28.7 Å². The summed E-state index contributed by atoms with van der Waals surface area (Å²) in [6.45, 7) is -0.620. The molecule has 0 radical (unpaired) electrons. The van der Waals surface area contributed by atoms with Crippen molar-refractivity contribution in [2.24, 2.45) is 5.92 Å². The van der Waals surface area contributed by atoms with E-state index < -0.39 is 50.9 Å². The molecular formula is C21H19F6NO3S. The third-order valence-electron chi connectivity index (χ3n) is 5.15. The van der Waals surface area contributed by atoms with E-state index in [1.807, 2.05) is 0 Å². The standard InChI is InChI=1S/C21H19F6NO3S/c22-20(23,24)17-5-1-3-14(9-17)11-28(19(29)16-7-8-32(30,31)13-16)12-15-4-2-6-18(10-15)21(25,26)27/h1-6,9-10,16H,7-8,11-13H2. The quantitative estimate of drug-likeness (QED) is 0.585. The van der Waals surface area contributed by atoms with Crippen molar-refractivity contribution >= 4 is 15.7 Å². The van der Waals surface area contributed by atoms with Gasteiger partial charge in [0.1, 0.15) is 0 Å². The molecule has 2 aromatic carbocycles. The molecule has 1 atom stereocenters. The number of carbonyl (C=O) groups is 1. The minimum Gasteiger partial charge on any atom is -0.334 e. The van der Waals surface area contributed by atoms with Crippen LogP contribution in [0.2, 0.25) is 0 Å². The zero-order chi connectivity index (χ0) is 23.7. The topological polar surface area (TPSA) is 54.5 Å². The van der Waals surface area contributed by atoms with Gasteiger partial charge in [0.2, 0.25) is 5.91 Å². The minimum atomic E-state index is -4.61. The molecule has 11 heteroatoms. The Morgan fingerprint density at radius 1 is 0.875 bits per heavy atom. The van der Waals surface area contributed by atoms with Crippen LogP contribution in [0.15, 0.2) is 48.5 Å². The monoisotopic (exact) mass is 479 g/mol. The summed E-state index contributed by atoms with van der Waals surface area (Å²) >= 11 is 0. The number of nitrogens with zero attached hydrogens (tertiary/aromatic N) is 1. The second-order valence-corrected chi connectivity index (χ2v) is 9.92. The molecule has 0 spiro atoms. The second-order valence-electron chi connectivity index (χ2n) is 7.69. The van der Waals surface area contributed by atoms with Crippen LogP contribution in [-0.4, -0.2) is 30.7 Å². The molecule has 1 aliphatic rings. The van der Waals surface area contributed by atoms with Crippen molar-refractivity contribution in [3.8, 4) is 0 Å². The fourth-order valence-corrected chi connectivity index (χ4v) is 5.33. The van der Waals surface area contributed by atoms with Crippen molar-refractivity contribution in [2.45, 2.75) is 31.9 Å². The van der Waals surface area contributed by atoms with E-state index >= 15 is 0 Å². The van der Waals surface area contributed by atoms with Gasteiger partial charge in [0, 0.05) is 13.1 Å². The molecule has 1 unspecified atom stereocenters. The van der Waals surface area contributed by atoms with Crippen LogP contribution in [0.3, 0.4) is 0 Å². The third-order valence-corrected chi connectivity index (χ3v) is 6.92. The van der Waals surface area contributed by atoms with Gasteiger partial charge in [-0.1, -0.05) is 24.3 Å². The van der Waals surface area contributed by atoms with Gasteiger partial charge < -0.3 is 4.90 Å². The maximum atomic E-state index is 13.0. The van der Waals surface area contributed by atoms with Gasteiger partial charge in [0.15, 0.2) is 9.84 Å². The van der Waals surface area contributed by atoms with Crippen LogP contribution < -0.4 is 0 Å². The van der Waals surface area contributed by atoms with Crippen molar-refractivity contribution in [3.05, 3.63) is 70.8 Å². The number of alkyl halides is 6. The van der Waals surface area contributed by atoms with E-state index in [1.165, 1.54) is 24.3 Å². The molecule has 1 fully saturated rings. The van der Waals surface area contributed by atoms with Crippen molar-refractivity contribution in [3.63, 3.8) is 0 Å². The number of halogens is 6. The van der Waals surface area contributed by atoms with Crippen LogP contribution in [0.4, 0.5) is 26.3 Å². The highest BCUT2D eigenvalue weighted by atomic mass is 32.2. The van der Waals surface area contributed by atoms with E-state index in [1.54, 1.807) is 0 Å². The lowest BCUT2D eigenvalue weighted by Gasteiger charge is -2.26. The predicted molar refractivity (Wildman–Crippen MR) is 104 cm³/mol. The van der Waals surface area contributed by atoms with Gasteiger partial charge in [-0.05, 0) is 41.8 Å². The zero-order valence-corrected chi connectivity index (χ0v) is 17.4. The van der Waals surface area contributed by atoms with E-state index in [0.29, 0.717) is 0 Å². The number of amides is 1. The molecule has 1 amide bonds. The Hall–Kier alpha value is -2.56. The molecule has 1 saturated heterocycles. The minimum absolute atomic E-state index is 0.0584. The van der Waals surface area contributed by atoms with Crippen molar-refractivity contribution in [1.82, 2.24) is 4.90 Å².